The molecule has 0 aromatic carbocycles. The number of hydrogen-bond acceptors (Lipinski definition) is 4. The fourth-order valence-corrected chi connectivity index (χ4v) is 1.55. The van der Waals surface area contributed by atoms with E-state index >= 15 is 0 Å². The zero-order valence-electron chi connectivity index (χ0n) is 11.9. The van der Waals surface area contributed by atoms with Crippen molar-refractivity contribution in [3.63, 3.8) is 0 Å². The molecule has 106 valence electrons. The Bertz CT molecular complexity index is 379. The molecule has 1 aromatic heterocycles. The van der Waals surface area contributed by atoms with E-state index in [2.05, 4.69) is 15.6 Å². The van der Waals surface area contributed by atoms with Crippen LogP contribution in [0.15, 0.2) is 18.3 Å². The SMILES string of the molecule is COCCCNC(=O)C(C)NCc1ccc(C)nc1. The number of aromatic nitrogens is 1. The Morgan fingerprint density at radius 2 is 2.26 bits per heavy atom. The van der Waals surface area contributed by atoms with Crippen LogP contribution in [0, 0.1) is 6.92 Å². The average molecular weight is 265 g/mol. The topological polar surface area (TPSA) is 63.2 Å². The Morgan fingerprint density at radius 3 is 2.89 bits per heavy atom. The van der Waals surface area contributed by atoms with Crippen molar-refractivity contribution in [3.05, 3.63) is 29.6 Å². The third-order valence-corrected chi connectivity index (χ3v) is 2.80. The highest BCUT2D eigenvalue weighted by molar-refractivity contribution is 5.81. The van der Waals surface area contributed by atoms with E-state index in [0.717, 1.165) is 17.7 Å². The maximum atomic E-state index is 11.8. The lowest BCUT2D eigenvalue weighted by Gasteiger charge is -2.14. The Kier molecular flexibility index (Phi) is 7.07. The van der Waals surface area contributed by atoms with Crippen LogP contribution in [0.25, 0.3) is 0 Å². The van der Waals surface area contributed by atoms with Crippen LogP contribution in [0.1, 0.15) is 24.6 Å². The highest BCUT2D eigenvalue weighted by atomic mass is 16.5. The lowest BCUT2D eigenvalue weighted by molar-refractivity contribution is -0.122. The first-order chi connectivity index (χ1) is 9.13. The third-order valence-electron chi connectivity index (χ3n) is 2.80. The van der Waals surface area contributed by atoms with E-state index in [1.165, 1.54) is 0 Å². The van der Waals surface area contributed by atoms with Crippen molar-refractivity contribution in [2.24, 2.45) is 0 Å². The number of carbonyl (C=O) groups is 1. The maximum Gasteiger partial charge on any atom is 0.236 e. The summed E-state index contributed by atoms with van der Waals surface area (Å²) in [4.78, 5) is 16.0. The summed E-state index contributed by atoms with van der Waals surface area (Å²) >= 11 is 0. The molecule has 1 atom stereocenters. The molecule has 5 nitrogen and oxygen atoms in total. The van der Waals surface area contributed by atoms with Crippen molar-refractivity contribution < 1.29 is 9.53 Å². The summed E-state index contributed by atoms with van der Waals surface area (Å²) in [7, 11) is 1.65. The Morgan fingerprint density at radius 1 is 1.47 bits per heavy atom. The first-order valence-electron chi connectivity index (χ1n) is 6.55. The van der Waals surface area contributed by atoms with Gasteiger partial charge in [0, 0.05) is 38.7 Å². The number of carbonyl (C=O) groups excluding carboxylic acids is 1. The van der Waals surface area contributed by atoms with Crippen LogP contribution in [0.2, 0.25) is 0 Å². The number of nitrogens with one attached hydrogen (secondary N) is 2. The largest absolute Gasteiger partial charge is 0.385 e. The number of pyridine rings is 1. The van der Waals surface area contributed by atoms with Crippen molar-refractivity contribution in [3.8, 4) is 0 Å². The lowest BCUT2D eigenvalue weighted by Crippen LogP contribution is -2.42. The van der Waals surface area contributed by atoms with Crippen LogP contribution in [0.5, 0.6) is 0 Å². The van der Waals surface area contributed by atoms with Crippen LogP contribution in [-0.2, 0) is 16.1 Å². The van der Waals surface area contributed by atoms with Gasteiger partial charge in [-0.1, -0.05) is 6.07 Å². The monoisotopic (exact) mass is 265 g/mol. The van der Waals surface area contributed by atoms with Gasteiger partial charge >= 0.3 is 0 Å². The minimum absolute atomic E-state index is 0.0103. The smallest absolute Gasteiger partial charge is 0.236 e. The lowest BCUT2D eigenvalue weighted by atomic mass is 10.2. The Labute approximate surface area is 114 Å². The van der Waals surface area contributed by atoms with Crippen molar-refractivity contribution in [2.75, 3.05) is 20.3 Å². The average Bonchev–Trinajstić information content (AvgIpc) is 2.42. The molecule has 0 fully saturated rings. The van der Waals surface area contributed by atoms with Gasteiger partial charge in [0.15, 0.2) is 0 Å². The zero-order chi connectivity index (χ0) is 14.1. The molecule has 1 amide bonds. The van der Waals surface area contributed by atoms with E-state index in [4.69, 9.17) is 4.74 Å². The van der Waals surface area contributed by atoms with Gasteiger partial charge in [-0.05, 0) is 31.9 Å². The van der Waals surface area contributed by atoms with Gasteiger partial charge < -0.3 is 15.4 Å². The summed E-state index contributed by atoms with van der Waals surface area (Å²) in [6, 6.07) is 3.76. The highest BCUT2D eigenvalue weighted by Gasteiger charge is 2.11. The third kappa shape index (κ3) is 6.31. The summed E-state index contributed by atoms with van der Waals surface area (Å²) < 4.78 is 4.93. The number of aryl methyl sites for hydroxylation is 1. The van der Waals surface area contributed by atoms with E-state index in [9.17, 15) is 4.79 Å². The number of rotatable bonds is 8. The van der Waals surface area contributed by atoms with E-state index in [-0.39, 0.29) is 11.9 Å². The molecule has 0 saturated carbocycles. The van der Waals surface area contributed by atoms with Crippen molar-refractivity contribution in [1.82, 2.24) is 15.6 Å². The van der Waals surface area contributed by atoms with Crippen molar-refractivity contribution in [2.45, 2.75) is 32.9 Å². The predicted octanol–water partition coefficient (Wildman–Crippen LogP) is 1.02. The molecule has 19 heavy (non-hydrogen) atoms. The van der Waals surface area contributed by atoms with Crippen molar-refractivity contribution in [1.29, 1.82) is 0 Å². The normalized spacial score (nSPS) is 12.2. The second-order valence-electron chi connectivity index (χ2n) is 4.55. The quantitative estimate of drug-likeness (QED) is 0.689. The molecule has 0 bridgehead atoms. The van der Waals surface area contributed by atoms with Crippen LogP contribution < -0.4 is 10.6 Å². The van der Waals surface area contributed by atoms with Gasteiger partial charge in [-0.25, -0.2) is 0 Å². The number of methoxy groups -OCH3 is 1. The number of amides is 1. The molecule has 0 aliphatic carbocycles. The molecule has 1 unspecified atom stereocenters. The molecule has 0 spiro atoms. The summed E-state index contributed by atoms with van der Waals surface area (Å²) in [6.07, 6.45) is 2.66. The maximum absolute atomic E-state index is 11.8. The molecule has 0 radical (unpaired) electrons. The minimum Gasteiger partial charge on any atom is -0.385 e. The fourth-order valence-electron chi connectivity index (χ4n) is 1.55. The Hall–Kier alpha value is -1.46. The molecule has 0 aliphatic rings. The second-order valence-corrected chi connectivity index (χ2v) is 4.55. The standard InChI is InChI=1S/C14H23N3O2/c1-11-5-6-13(9-16-11)10-17-12(2)14(18)15-7-4-8-19-3/h5-6,9,12,17H,4,7-8,10H2,1-3H3,(H,15,18). The molecular weight excluding hydrogens is 242 g/mol. The van der Waals surface area contributed by atoms with E-state index in [1.807, 2.05) is 32.2 Å². The van der Waals surface area contributed by atoms with Crippen LogP contribution in [-0.4, -0.2) is 37.2 Å². The number of ether oxygens (including phenoxy) is 1. The molecule has 0 aliphatic heterocycles. The first kappa shape index (κ1) is 15.6. The van der Waals surface area contributed by atoms with Crippen LogP contribution in [0.3, 0.4) is 0 Å². The van der Waals surface area contributed by atoms with Gasteiger partial charge in [-0.15, -0.1) is 0 Å². The van der Waals surface area contributed by atoms with Gasteiger partial charge in [0.25, 0.3) is 0 Å². The van der Waals surface area contributed by atoms with E-state index in [1.54, 1.807) is 7.11 Å². The van der Waals surface area contributed by atoms with Crippen molar-refractivity contribution >= 4 is 5.91 Å². The molecule has 1 rings (SSSR count). The van der Waals surface area contributed by atoms with E-state index in [0.29, 0.717) is 19.7 Å². The zero-order valence-corrected chi connectivity index (χ0v) is 11.9. The summed E-state index contributed by atoms with van der Waals surface area (Å²) in [5, 5.41) is 6.04. The molecule has 0 saturated heterocycles. The first-order valence-corrected chi connectivity index (χ1v) is 6.55. The summed E-state index contributed by atoms with van der Waals surface area (Å²) in [5.74, 6) is 0.0103. The molecule has 2 N–H and O–H groups in total. The van der Waals surface area contributed by atoms with Gasteiger partial charge in [-0.3, -0.25) is 9.78 Å². The van der Waals surface area contributed by atoms with Gasteiger partial charge in [-0.2, -0.15) is 0 Å². The second kappa shape index (κ2) is 8.61. The predicted molar refractivity (Wildman–Crippen MR) is 74.8 cm³/mol. The molecule has 1 heterocycles. The fraction of sp³-hybridized carbons (Fsp3) is 0.571. The van der Waals surface area contributed by atoms with Crippen LogP contribution in [0.4, 0.5) is 0 Å². The highest BCUT2D eigenvalue weighted by Crippen LogP contribution is 1.99. The van der Waals surface area contributed by atoms with E-state index < -0.39 is 0 Å². The van der Waals surface area contributed by atoms with Gasteiger partial charge in [0.2, 0.25) is 5.91 Å². The minimum atomic E-state index is -0.219. The molecular formula is C14H23N3O2. The summed E-state index contributed by atoms with van der Waals surface area (Å²) in [6.45, 7) is 5.75. The molecule has 5 heteroatoms. The molecule has 1 aromatic rings. The number of nitrogens with zero attached hydrogens (tertiary/aromatic N) is 1. The number of hydrogen-bond donors (Lipinski definition) is 2. The van der Waals surface area contributed by atoms with Crippen LogP contribution >= 0.6 is 0 Å². The summed E-state index contributed by atoms with van der Waals surface area (Å²) in [5.41, 5.74) is 2.07. The van der Waals surface area contributed by atoms with Gasteiger partial charge in [0.1, 0.15) is 0 Å². The Balaban J connectivity index is 2.24. The van der Waals surface area contributed by atoms with Gasteiger partial charge in [0.05, 0.1) is 6.04 Å².